The van der Waals surface area contributed by atoms with E-state index in [0.29, 0.717) is 6.54 Å². The van der Waals surface area contributed by atoms with Gasteiger partial charge in [-0.3, -0.25) is 4.79 Å². The molecule has 0 saturated carbocycles. The zero-order valence-electron chi connectivity index (χ0n) is 10.6. The first-order chi connectivity index (χ1) is 9.34. The number of hydrogen-bond acceptors (Lipinski definition) is 3. The van der Waals surface area contributed by atoms with Crippen LogP contribution in [-0.4, -0.2) is 17.4 Å². The van der Waals surface area contributed by atoms with Crippen LogP contribution in [0.25, 0.3) is 0 Å². The minimum absolute atomic E-state index is 0.00898. The molecule has 1 amide bonds. The average Bonchev–Trinajstić information content (AvgIpc) is 3.07. The Morgan fingerprint density at radius 3 is 2.89 bits per heavy atom. The van der Waals surface area contributed by atoms with Gasteiger partial charge in [0.25, 0.3) is 0 Å². The van der Waals surface area contributed by atoms with Gasteiger partial charge >= 0.3 is 0 Å². The van der Waals surface area contributed by atoms with Crippen LogP contribution < -0.4 is 5.32 Å². The Balaban J connectivity index is 1.69. The van der Waals surface area contributed by atoms with E-state index in [2.05, 4.69) is 22.4 Å². The average molecular weight is 256 g/mol. The molecular weight excluding hydrogens is 240 g/mol. The Bertz CT molecular complexity index is 537. The third-order valence-electron chi connectivity index (χ3n) is 3.74. The minimum Gasteiger partial charge on any atom is -0.451 e. The van der Waals surface area contributed by atoms with Crippen molar-refractivity contribution >= 4 is 5.91 Å². The van der Waals surface area contributed by atoms with E-state index >= 15 is 0 Å². The highest BCUT2D eigenvalue weighted by Gasteiger charge is 2.36. The van der Waals surface area contributed by atoms with E-state index in [1.165, 1.54) is 12.0 Å². The normalized spacial score (nSPS) is 22.4. The van der Waals surface area contributed by atoms with Crippen molar-refractivity contribution in [2.45, 2.75) is 18.8 Å². The molecule has 0 bridgehead atoms. The maximum atomic E-state index is 11.9. The smallest absolute Gasteiger partial charge is 0.223 e. The summed E-state index contributed by atoms with van der Waals surface area (Å²) in [5.41, 5.74) is 2.14. The van der Waals surface area contributed by atoms with Crippen molar-refractivity contribution in [2.75, 3.05) is 6.54 Å². The van der Waals surface area contributed by atoms with Gasteiger partial charge in [0.2, 0.25) is 5.91 Å². The summed E-state index contributed by atoms with van der Waals surface area (Å²) < 4.78 is 5.02. The third kappa shape index (κ3) is 2.52. The van der Waals surface area contributed by atoms with Crippen LogP contribution in [0, 0.1) is 5.92 Å². The van der Waals surface area contributed by atoms with Crippen LogP contribution in [-0.2, 0) is 11.2 Å². The molecule has 2 aromatic rings. The summed E-state index contributed by atoms with van der Waals surface area (Å²) in [6, 6.07) is 10.2. The van der Waals surface area contributed by atoms with Gasteiger partial charge in [-0.2, -0.15) is 0 Å². The summed E-state index contributed by atoms with van der Waals surface area (Å²) in [7, 11) is 0. The molecule has 2 heterocycles. The van der Waals surface area contributed by atoms with Gasteiger partial charge < -0.3 is 9.73 Å². The molecule has 0 aliphatic carbocycles. The van der Waals surface area contributed by atoms with Crippen LogP contribution >= 0.6 is 0 Å². The molecule has 0 radical (unpaired) electrons. The number of nitrogens with zero attached hydrogens (tertiary/aromatic N) is 1. The largest absolute Gasteiger partial charge is 0.451 e. The Kier molecular flexibility index (Phi) is 3.31. The summed E-state index contributed by atoms with van der Waals surface area (Å²) in [4.78, 5) is 16.1. The summed E-state index contributed by atoms with van der Waals surface area (Å²) >= 11 is 0. The van der Waals surface area contributed by atoms with E-state index in [1.54, 1.807) is 6.26 Å². The van der Waals surface area contributed by atoms with Gasteiger partial charge in [0.15, 0.2) is 6.39 Å². The first kappa shape index (κ1) is 12.0. The van der Waals surface area contributed by atoms with Crippen molar-refractivity contribution < 1.29 is 9.21 Å². The van der Waals surface area contributed by atoms with Crippen molar-refractivity contribution in [1.82, 2.24) is 10.3 Å². The number of hydrogen-bond donors (Lipinski definition) is 1. The number of rotatable bonds is 4. The van der Waals surface area contributed by atoms with Crippen molar-refractivity contribution in [3.63, 3.8) is 0 Å². The zero-order valence-corrected chi connectivity index (χ0v) is 10.6. The molecule has 19 heavy (non-hydrogen) atoms. The van der Waals surface area contributed by atoms with E-state index in [1.807, 2.05) is 18.2 Å². The fourth-order valence-electron chi connectivity index (χ4n) is 2.68. The highest BCUT2D eigenvalue weighted by atomic mass is 16.3. The lowest BCUT2D eigenvalue weighted by Gasteiger charge is -2.14. The van der Waals surface area contributed by atoms with E-state index in [9.17, 15) is 4.79 Å². The van der Waals surface area contributed by atoms with Gasteiger partial charge in [-0.25, -0.2) is 4.98 Å². The van der Waals surface area contributed by atoms with E-state index in [-0.39, 0.29) is 17.7 Å². The topological polar surface area (TPSA) is 55.1 Å². The number of aryl methyl sites for hydroxylation is 1. The number of benzene rings is 1. The lowest BCUT2D eigenvalue weighted by molar-refractivity contribution is -0.122. The Morgan fingerprint density at radius 1 is 1.32 bits per heavy atom. The molecule has 1 aliphatic rings. The molecular formula is C15H16N2O2. The second-order valence-corrected chi connectivity index (χ2v) is 4.90. The van der Waals surface area contributed by atoms with Crippen molar-refractivity contribution in [2.24, 2.45) is 5.92 Å². The van der Waals surface area contributed by atoms with Gasteiger partial charge in [-0.05, 0) is 18.4 Å². The van der Waals surface area contributed by atoms with Crippen LogP contribution in [0.1, 0.15) is 23.6 Å². The predicted molar refractivity (Wildman–Crippen MR) is 70.5 cm³/mol. The van der Waals surface area contributed by atoms with Crippen molar-refractivity contribution in [3.05, 3.63) is 54.2 Å². The summed E-state index contributed by atoms with van der Waals surface area (Å²) in [5, 5.41) is 2.92. The van der Waals surface area contributed by atoms with Crippen LogP contribution in [0.15, 0.2) is 47.4 Å². The first-order valence-electron chi connectivity index (χ1n) is 6.54. The maximum Gasteiger partial charge on any atom is 0.223 e. The molecule has 1 saturated heterocycles. The summed E-state index contributed by atoms with van der Waals surface area (Å²) in [6.45, 7) is 0.658. The van der Waals surface area contributed by atoms with Gasteiger partial charge in [0.05, 0.1) is 5.69 Å². The molecule has 4 nitrogen and oxygen atoms in total. The molecule has 1 N–H and O–H groups in total. The number of oxazole rings is 1. The fraction of sp³-hybridized carbons (Fsp3) is 0.333. The summed E-state index contributed by atoms with van der Waals surface area (Å²) in [5.74, 6) is 0.254. The van der Waals surface area contributed by atoms with Crippen molar-refractivity contribution in [3.8, 4) is 0 Å². The SMILES string of the molecule is O=C1NCC(c2cocn2)C1CCc1ccccc1. The predicted octanol–water partition coefficient (Wildman–Crippen LogP) is 2.14. The second-order valence-electron chi connectivity index (χ2n) is 4.90. The molecule has 0 spiro atoms. The molecule has 2 atom stereocenters. The van der Waals surface area contributed by atoms with Gasteiger partial charge in [-0.1, -0.05) is 30.3 Å². The van der Waals surface area contributed by atoms with E-state index in [4.69, 9.17) is 4.42 Å². The molecule has 1 aromatic carbocycles. The van der Waals surface area contributed by atoms with E-state index in [0.717, 1.165) is 18.5 Å². The highest BCUT2D eigenvalue weighted by Crippen LogP contribution is 2.31. The van der Waals surface area contributed by atoms with Gasteiger partial charge in [-0.15, -0.1) is 0 Å². The monoisotopic (exact) mass is 256 g/mol. The number of carbonyl (C=O) groups excluding carboxylic acids is 1. The quantitative estimate of drug-likeness (QED) is 0.911. The number of nitrogens with one attached hydrogen (secondary N) is 1. The molecule has 1 fully saturated rings. The number of carbonyl (C=O) groups is 1. The van der Waals surface area contributed by atoms with Crippen LogP contribution in [0.4, 0.5) is 0 Å². The Morgan fingerprint density at radius 2 is 2.16 bits per heavy atom. The number of aromatic nitrogens is 1. The Labute approximate surface area is 111 Å². The fourth-order valence-corrected chi connectivity index (χ4v) is 2.68. The van der Waals surface area contributed by atoms with E-state index < -0.39 is 0 Å². The molecule has 98 valence electrons. The molecule has 1 aliphatic heterocycles. The van der Waals surface area contributed by atoms with Crippen LogP contribution in [0.2, 0.25) is 0 Å². The molecule has 1 aromatic heterocycles. The number of amides is 1. The highest BCUT2D eigenvalue weighted by molar-refractivity contribution is 5.82. The van der Waals surface area contributed by atoms with Gasteiger partial charge in [0, 0.05) is 18.4 Å². The Hall–Kier alpha value is -2.10. The maximum absolute atomic E-state index is 11.9. The lowest BCUT2D eigenvalue weighted by Crippen LogP contribution is -2.20. The summed E-state index contributed by atoms with van der Waals surface area (Å²) in [6.07, 6.45) is 4.81. The lowest BCUT2D eigenvalue weighted by atomic mass is 9.88. The third-order valence-corrected chi connectivity index (χ3v) is 3.74. The molecule has 4 heteroatoms. The van der Waals surface area contributed by atoms with Gasteiger partial charge in [0.1, 0.15) is 6.26 Å². The first-order valence-corrected chi connectivity index (χ1v) is 6.54. The van der Waals surface area contributed by atoms with Crippen molar-refractivity contribution in [1.29, 1.82) is 0 Å². The van der Waals surface area contributed by atoms with Crippen LogP contribution in [0.5, 0.6) is 0 Å². The van der Waals surface area contributed by atoms with Crippen LogP contribution in [0.3, 0.4) is 0 Å². The standard InChI is InChI=1S/C15H16N2O2/c18-15-12(7-6-11-4-2-1-3-5-11)13(8-16-15)14-9-19-10-17-14/h1-5,9-10,12-13H,6-8H2,(H,16,18). The minimum atomic E-state index is -0.00898. The zero-order chi connectivity index (χ0) is 13.1. The second kappa shape index (κ2) is 5.26. The molecule has 3 rings (SSSR count). The molecule has 2 unspecified atom stereocenters.